The summed E-state index contributed by atoms with van der Waals surface area (Å²) in [5.41, 5.74) is 1.73. The quantitative estimate of drug-likeness (QED) is 0.699. The molecule has 1 N–H and O–H groups in total. The number of hydrogen-bond acceptors (Lipinski definition) is 6. The van der Waals surface area contributed by atoms with Gasteiger partial charge in [0.2, 0.25) is 0 Å². The molecular formula is C21H23BrN2O5. The van der Waals surface area contributed by atoms with Crippen molar-refractivity contribution in [1.82, 2.24) is 4.68 Å². The molecule has 2 aliphatic heterocycles. The third kappa shape index (κ3) is 2.84. The van der Waals surface area contributed by atoms with E-state index in [4.69, 9.17) is 9.47 Å². The number of carbonyl (C=O) groups excluding carboxylic acids is 1. The summed E-state index contributed by atoms with van der Waals surface area (Å²) < 4.78 is 12.8. The van der Waals surface area contributed by atoms with E-state index in [0.717, 1.165) is 24.0 Å². The van der Waals surface area contributed by atoms with Crippen molar-refractivity contribution in [3.05, 3.63) is 44.2 Å². The van der Waals surface area contributed by atoms with Crippen LogP contribution >= 0.6 is 15.9 Å². The average molecular weight is 463 g/mol. The van der Waals surface area contributed by atoms with E-state index in [-0.39, 0.29) is 29.5 Å². The van der Waals surface area contributed by atoms with Gasteiger partial charge in [0.15, 0.2) is 16.9 Å². The summed E-state index contributed by atoms with van der Waals surface area (Å²) in [4.78, 5) is 25.1. The minimum atomic E-state index is -0.628. The molecule has 0 spiro atoms. The third-order valence-electron chi connectivity index (χ3n) is 5.78. The number of aromatic nitrogens is 1. The molecule has 154 valence electrons. The zero-order valence-electron chi connectivity index (χ0n) is 16.8. The highest BCUT2D eigenvalue weighted by atomic mass is 79.9. The molecule has 29 heavy (non-hydrogen) atoms. The Morgan fingerprint density at radius 2 is 2.10 bits per heavy atom. The first-order valence-corrected chi connectivity index (χ1v) is 10.3. The standard InChI is InChI=1S/C21H23BrN2O5/c1-5-29-20(27)12-10-23-14(9-15(12)25)11-8-16(28-4)19(26)18(22)17(11)13-6-7-21(2,3)24(13)23/h8-10,13,26H,5-7H2,1-4H3/t13-/m1/s1. The zero-order valence-corrected chi connectivity index (χ0v) is 18.4. The van der Waals surface area contributed by atoms with Crippen LogP contribution in [0.5, 0.6) is 11.5 Å². The molecule has 0 saturated carbocycles. The number of nitrogens with zero attached hydrogens (tertiary/aromatic N) is 2. The van der Waals surface area contributed by atoms with Crippen LogP contribution in [0.1, 0.15) is 55.6 Å². The van der Waals surface area contributed by atoms with Crippen LogP contribution < -0.4 is 15.2 Å². The number of carbonyl (C=O) groups is 1. The van der Waals surface area contributed by atoms with Crippen LogP contribution in [0.15, 0.2) is 27.6 Å². The summed E-state index contributed by atoms with van der Waals surface area (Å²) in [6.45, 7) is 6.16. The topological polar surface area (TPSA) is 81.0 Å². The lowest BCUT2D eigenvalue weighted by Crippen LogP contribution is -2.50. The fourth-order valence-corrected chi connectivity index (χ4v) is 5.12. The highest BCUT2D eigenvalue weighted by molar-refractivity contribution is 9.10. The fraction of sp³-hybridized carbons (Fsp3) is 0.429. The molecule has 0 radical (unpaired) electrons. The minimum Gasteiger partial charge on any atom is -0.503 e. The molecule has 1 saturated heterocycles. The number of fused-ring (bicyclic) bond motifs is 6. The molecule has 4 rings (SSSR count). The van der Waals surface area contributed by atoms with Crippen LogP contribution in [-0.4, -0.2) is 35.0 Å². The molecule has 0 amide bonds. The van der Waals surface area contributed by atoms with E-state index >= 15 is 0 Å². The highest BCUT2D eigenvalue weighted by Crippen LogP contribution is 2.53. The van der Waals surface area contributed by atoms with Gasteiger partial charge in [0.05, 0.1) is 35.5 Å². The van der Waals surface area contributed by atoms with Crippen molar-refractivity contribution in [2.45, 2.75) is 45.2 Å². The Hall–Kier alpha value is -2.48. The average Bonchev–Trinajstić information content (AvgIpc) is 2.99. The molecule has 1 aromatic carbocycles. The maximum absolute atomic E-state index is 12.8. The van der Waals surface area contributed by atoms with Gasteiger partial charge in [-0.1, -0.05) is 0 Å². The van der Waals surface area contributed by atoms with E-state index in [9.17, 15) is 14.7 Å². The number of phenolic OH excluding ortho intramolecular Hbond substituents is 1. The first-order valence-electron chi connectivity index (χ1n) is 9.54. The number of methoxy groups -OCH3 is 1. The van der Waals surface area contributed by atoms with Crippen LogP contribution in [0, 0.1) is 0 Å². The number of phenols is 1. The monoisotopic (exact) mass is 462 g/mol. The number of pyridine rings is 1. The number of esters is 1. The van der Waals surface area contributed by atoms with Crippen molar-refractivity contribution >= 4 is 21.9 Å². The second-order valence-corrected chi connectivity index (χ2v) is 8.71. The molecule has 7 nitrogen and oxygen atoms in total. The predicted octanol–water partition coefficient (Wildman–Crippen LogP) is 3.73. The molecule has 1 atom stereocenters. The van der Waals surface area contributed by atoms with Crippen molar-refractivity contribution < 1.29 is 19.4 Å². The summed E-state index contributed by atoms with van der Waals surface area (Å²) in [7, 11) is 1.48. The Kier molecular flexibility index (Phi) is 4.64. The second-order valence-electron chi connectivity index (χ2n) is 7.92. The summed E-state index contributed by atoms with van der Waals surface area (Å²) >= 11 is 3.54. The van der Waals surface area contributed by atoms with Gasteiger partial charge in [-0.2, -0.15) is 0 Å². The molecular weight excluding hydrogens is 440 g/mol. The highest BCUT2D eigenvalue weighted by Gasteiger charge is 2.46. The van der Waals surface area contributed by atoms with Gasteiger partial charge in [-0.15, -0.1) is 0 Å². The molecule has 1 aromatic heterocycles. The number of hydrogen-bond donors (Lipinski definition) is 1. The molecule has 0 bridgehead atoms. The normalized spacial score (nSPS) is 18.7. The molecule has 2 aliphatic rings. The van der Waals surface area contributed by atoms with E-state index in [1.165, 1.54) is 13.2 Å². The van der Waals surface area contributed by atoms with Gasteiger partial charge < -0.3 is 14.6 Å². The van der Waals surface area contributed by atoms with Crippen molar-refractivity contribution in [2.75, 3.05) is 18.7 Å². The minimum absolute atomic E-state index is 0.00492. The van der Waals surface area contributed by atoms with Gasteiger partial charge >= 0.3 is 5.97 Å². The number of aromatic hydroxyl groups is 1. The smallest absolute Gasteiger partial charge is 0.343 e. The molecule has 0 aliphatic carbocycles. The number of ether oxygens (including phenoxy) is 2. The number of rotatable bonds is 3. The fourth-order valence-electron chi connectivity index (χ4n) is 4.45. The lowest BCUT2D eigenvalue weighted by molar-refractivity contribution is 0.0523. The van der Waals surface area contributed by atoms with Crippen LogP contribution in [0.3, 0.4) is 0 Å². The maximum Gasteiger partial charge on any atom is 0.343 e. The van der Waals surface area contributed by atoms with E-state index in [2.05, 4.69) is 34.8 Å². The molecule has 8 heteroatoms. The van der Waals surface area contributed by atoms with Gasteiger partial charge in [0.25, 0.3) is 0 Å². The maximum atomic E-state index is 12.8. The Bertz CT molecular complexity index is 1080. The van der Waals surface area contributed by atoms with Crippen LogP contribution in [-0.2, 0) is 4.74 Å². The Morgan fingerprint density at radius 3 is 2.76 bits per heavy atom. The van der Waals surface area contributed by atoms with Crippen LogP contribution in [0.25, 0.3) is 11.3 Å². The van der Waals surface area contributed by atoms with Gasteiger partial charge in [-0.05, 0) is 55.6 Å². The van der Waals surface area contributed by atoms with E-state index < -0.39 is 11.4 Å². The Morgan fingerprint density at radius 1 is 1.38 bits per heavy atom. The summed E-state index contributed by atoms with van der Waals surface area (Å²) in [6.07, 6.45) is 3.35. The van der Waals surface area contributed by atoms with Crippen molar-refractivity contribution in [1.29, 1.82) is 0 Å². The largest absolute Gasteiger partial charge is 0.503 e. The summed E-state index contributed by atoms with van der Waals surface area (Å²) in [6, 6.07) is 3.17. The van der Waals surface area contributed by atoms with E-state index in [1.54, 1.807) is 19.2 Å². The Balaban J connectivity index is 2.05. The van der Waals surface area contributed by atoms with Crippen molar-refractivity contribution in [2.24, 2.45) is 0 Å². The summed E-state index contributed by atoms with van der Waals surface area (Å²) in [5, 5.41) is 12.7. The zero-order chi connectivity index (χ0) is 21.1. The van der Waals surface area contributed by atoms with Crippen LogP contribution in [0.2, 0.25) is 0 Å². The van der Waals surface area contributed by atoms with Crippen molar-refractivity contribution in [3.63, 3.8) is 0 Å². The van der Waals surface area contributed by atoms with Crippen molar-refractivity contribution in [3.8, 4) is 22.8 Å². The van der Waals surface area contributed by atoms with Gasteiger partial charge in [0, 0.05) is 23.4 Å². The molecule has 3 heterocycles. The molecule has 2 aromatic rings. The lowest BCUT2D eigenvalue weighted by Gasteiger charge is -2.45. The first kappa shape index (κ1) is 19.8. The lowest BCUT2D eigenvalue weighted by atomic mass is 9.93. The van der Waals surface area contributed by atoms with E-state index in [1.807, 2.05) is 4.68 Å². The Labute approximate surface area is 176 Å². The van der Waals surface area contributed by atoms with Gasteiger partial charge in [-0.25, -0.2) is 4.79 Å². The number of benzene rings is 1. The SMILES string of the molecule is CCOC(=O)c1cn2c(cc1=O)-c1cc(OC)c(O)c(Br)c1[C@H]1CCC(C)(C)N12. The first-order chi connectivity index (χ1) is 13.7. The number of halogens is 1. The van der Waals surface area contributed by atoms with Gasteiger partial charge in [0.1, 0.15) is 5.56 Å². The molecule has 1 fully saturated rings. The van der Waals surface area contributed by atoms with E-state index in [0.29, 0.717) is 15.9 Å². The van der Waals surface area contributed by atoms with Crippen LogP contribution in [0.4, 0.5) is 0 Å². The summed E-state index contributed by atoms with van der Waals surface area (Å²) in [5.74, 6) is -0.277. The second kappa shape index (κ2) is 6.79. The predicted molar refractivity (Wildman–Crippen MR) is 112 cm³/mol. The molecule has 0 unspecified atom stereocenters. The van der Waals surface area contributed by atoms with Gasteiger partial charge in [-0.3, -0.25) is 14.5 Å². The third-order valence-corrected chi connectivity index (χ3v) is 6.58.